The second-order valence-corrected chi connectivity index (χ2v) is 5.70. The largest absolute Gasteiger partial charge is 0.380 e. The van der Waals surface area contributed by atoms with Crippen LogP contribution >= 0.6 is 22.9 Å². The predicted molar refractivity (Wildman–Crippen MR) is 75.6 cm³/mol. The van der Waals surface area contributed by atoms with Gasteiger partial charge in [-0.3, -0.25) is 0 Å². The molecule has 18 heavy (non-hydrogen) atoms. The van der Waals surface area contributed by atoms with Crippen LogP contribution in [0.5, 0.6) is 0 Å². The summed E-state index contributed by atoms with van der Waals surface area (Å²) in [7, 11) is 0. The lowest BCUT2D eigenvalue weighted by Crippen LogP contribution is -1.99. The standard InChI is InChI=1S/C12H10ClN3OS/c13-11-4-2-8(18-11)6-14-7-1-3-9-10(5-7)16-12(17)15-9/h1-5,14H,6H2,(H2,15,16,17). The number of imidazole rings is 1. The summed E-state index contributed by atoms with van der Waals surface area (Å²) in [5, 5.41) is 3.29. The summed E-state index contributed by atoms with van der Waals surface area (Å²) in [6, 6.07) is 9.59. The van der Waals surface area contributed by atoms with E-state index in [1.54, 1.807) is 11.3 Å². The van der Waals surface area contributed by atoms with Gasteiger partial charge in [-0.15, -0.1) is 11.3 Å². The van der Waals surface area contributed by atoms with Crippen LogP contribution < -0.4 is 11.0 Å². The van der Waals surface area contributed by atoms with Gasteiger partial charge in [-0.1, -0.05) is 11.6 Å². The molecule has 0 radical (unpaired) electrons. The van der Waals surface area contributed by atoms with Gasteiger partial charge >= 0.3 is 5.69 Å². The number of benzene rings is 1. The van der Waals surface area contributed by atoms with Crippen molar-refractivity contribution < 1.29 is 0 Å². The van der Waals surface area contributed by atoms with Crippen LogP contribution in [0.1, 0.15) is 4.88 Å². The molecule has 1 aromatic carbocycles. The predicted octanol–water partition coefficient (Wildman–Crippen LogP) is 3.18. The Hall–Kier alpha value is -1.72. The number of anilines is 1. The second kappa shape index (κ2) is 4.51. The first kappa shape index (κ1) is 11.4. The first-order chi connectivity index (χ1) is 8.70. The highest BCUT2D eigenvalue weighted by Gasteiger charge is 2.01. The molecule has 2 aromatic heterocycles. The van der Waals surface area contributed by atoms with Crippen LogP contribution in [0.15, 0.2) is 35.1 Å². The van der Waals surface area contributed by atoms with Crippen LogP contribution in [-0.2, 0) is 6.54 Å². The summed E-state index contributed by atoms with van der Waals surface area (Å²) in [4.78, 5) is 17.7. The van der Waals surface area contributed by atoms with Gasteiger partial charge in [0.2, 0.25) is 0 Å². The first-order valence-corrected chi connectivity index (χ1v) is 6.60. The lowest BCUT2D eigenvalue weighted by molar-refractivity contribution is 1.19. The summed E-state index contributed by atoms with van der Waals surface area (Å²) >= 11 is 7.42. The molecule has 0 aliphatic rings. The van der Waals surface area contributed by atoms with Crippen molar-refractivity contribution in [3.63, 3.8) is 0 Å². The Bertz CT molecular complexity index is 743. The normalized spacial score (nSPS) is 10.9. The molecule has 6 heteroatoms. The molecule has 0 bridgehead atoms. The zero-order valence-corrected chi connectivity index (χ0v) is 10.9. The number of hydrogen-bond donors (Lipinski definition) is 3. The maximum absolute atomic E-state index is 11.1. The van der Waals surface area contributed by atoms with Crippen molar-refractivity contribution >= 4 is 39.7 Å². The average molecular weight is 280 g/mol. The van der Waals surface area contributed by atoms with E-state index in [9.17, 15) is 4.79 Å². The Morgan fingerprint density at radius 2 is 2.00 bits per heavy atom. The molecule has 3 rings (SSSR count). The Kier molecular flexibility index (Phi) is 2.85. The Morgan fingerprint density at radius 1 is 1.17 bits per heavy atom. The third kappa shape index (κ3) is 2.27. The van der Waals surface area contributed by atoms with Gasteiger partial charge in [0.25, 0.3) is 0 Å². The van der Waals surface area contributed by atoms with Crippen molar-refractivity contribution in [3.05, 3.63) is 50.0 Å². The number of fused-ring (bicyclic) bond motifs is 1. The van der Waals surface area contributed by atoms with E-state index in [-0.39, 0.29) is 5.69 Å². The molecule has 92 valence electrons. The number of rotatable bonds is 3. The van der Waals surface area contributed by atoms with Gasteiger partial charge in [0, 0.05) is 17.1 Å². The SMILES string of the molecule is O=c1[nH]c2ccc(NCc3ccc(Cl)s3)cc2[nH]1. The fraction of sp³-hybridized carbons (Fsp3) is 0.0833. The molecular weight excluding hydrogens is 270 g/mol. The summed E-state index contributed by atoms with van der Waals surface area (Å²) in [6.45, 7) is 0.720. The van der Waals surface area contributed by atoms with Crippen LogP contribution in [0.4, 0.5) is 5.69 Å². The number of hydrogen-bond acceptors (Lipinski definition) is 3. The molecule has 0 saturated carbocycles. The van der Waals surface area contributed by atoms with Crippen LogP contribution in [-0.4, -0.2) is 9.97 Å². The third-order valence-corrected chi connectivity index (χ3v) is 3.84. The molecule has 2 heterocycles. The molecule has 0 aliphatic heterocycles. The molecular formula is C12H10ClN3OS. The lowest BCUT2D eigenvalue weighted by atomic mass is 10.2. The van der Waals surface area contributed by atoms with Crippen molar-refractivity contribution in [2.24, 2.45) is 0 Å². The van der Waals surface area contributed by atoms with Gasteiger partial charge in [0.15, 0.2) is 0 Å². The van der Waals surface area contributed by atoms with Crippen molar-refractivity contribution in [3.8, 4) is 0 Å². The third-order valence-electron chi connectivity index (χ3n) is 2.61. The number of halogens is 1. The Balaban J connectivity index is 1.80. The molecule has 4 nitrogen and oxygen atoms in total. The van der Waals surface area contributed by atoms with Gasteiger partial charge in [0.05, 0.1) is 15.4 Å². The van der Waals surface area contributed by atoms with Crippen LogP contribution in [0.2, 0.25) is 4.34 Å². The molecule has 0 spiro atoms. The monoisotopic (exact) mass is 279 g/mol. The fourth-order valence-corrected chi connectivity index (χ4v) is 2.81. The number of aromatic amines is 2. The highest BCUT2D eigenvalue weighted by Crippen LogP contribution is 2.22. The minimum Gasteiger partial charge on any atom is -0.380 e. The van der Waals surface area contributed by atoms with Crippen molar-refractivity contribution in [1.82, 2.24) is 9.97 Å². The summed E-state index contributed by atoms with van der Waals surface area (Å²) < 4.78 is 0.789. The minimum atomic E-state index is -0.188. The maximum Gasteiger partial charge on any atom is 0.323 e. The highest BCUT2D eigenvalue weighted by atomic mass is 35.5. The number of nitrogens with one attached hydrogen (secondary N) is 3. The fourth-order valence-electron chi connectivity index (χ4n) is 1.78. The van der Waals surface area contributed by atoms with E-state index in [1.165, 1.54) is 4.88 Å². The molecule has 0 unspecified atom stereocenters. The molecule has 3 aromatic rings. The zero-order chi connectivity index (χ0) is 12.5. The molecule has 3 N–H and O–H groups in total. The van der Waals surface area contributed by atoms with Crippen LogP contribution in [0, 0.1) is 0 Å². The Morgan fingerprint density at radius 3 is 2.78 bits per heavy atom. The molecule has 0 atom stereocenters. The van der Waals surface area contributed by atoms with Gasteiger partial charge in [-0.25, -0.2) is 4.79 Å². The number of H-pyrrole nitrogens is 2. The van der Waals surface area contributed by atoms with E-state index >= 15 is 0 Å². The van der Waals surface area contributed by atoms with Crippen LogP contribution in [0.25, 0.3) is 11.0 Å². The topological polar surface area (TPSA) is 60.7 Å². The quantitative estimate of drug-likeness (QED) is 0.689. The van der Waals surface area contributed by atoms with E-state index in [0.29, 0.717) is 0 Å². The van der Waals surface area contributed by atoms with E-state index in [2.05, 4.69) is 15.3 Å². The van der Waals surface area contributed by atoms with E-state index in [0.717, 1.165) is 27.6 Å². The summed E-state index contributed by atoms with van der Waals surface area (Å²) in [5.41, 5.74) is 2.38. The smallest absolute Gasteiger partial charge is 0.323 e. The van der Waals surface area contributed by atoms with Crippen LogP contribution in [0.3, 0.4) is 0 Å². The molecule has 0 saturated heterocycles. The summed E-state index contributed by atoms with van der Waals surface area (Å²) in [5.74, 6) is 0. The second-order valence-electron chi connectivity index (χ2n) is 3.90. The zero-order valence-electron chi connectivity index (χ0n) is 9.29. The van der Waals surface area contributed by atoms with Crippen molar-refractivity contribution in [2.45, 2.75) is 6.54 Å². The van der Waals surface area contributed by atoms with Gasteiger partial charge in [0.1, 0.15) is 0 Å². The van der Waals surface area contributed by atoms with E-state index in [1.807, 2.05) is 30.3 Å². The maximum atomic E-state index is 11.1. The van der Waals surface area contributed by atoms with Crippen molar-refractivity contribution in [1.29, 1.82) is 0 Å². The van der Waals surface area contributed by atoms with Gasteiger partial charge < -0.3 is 15.3 Å². The van der Waals surface area contributed by atoms with E-state index in [4.69, 9.17) is 11.6 Å². The highest BCUT2D eigenvalue weighted by molar-refractivity contribution is 7.16. The first-order valence-electron chi connectivity index (χ1n) is 5.41. The summed E-state index contributed by atoms with van der Waals surface area (Å²) in [6.07, 6.45) is 0. The molecule has 0 amide bonds. The molecule has 0 fully saturated rings. The minimum absolute atomic E-state index is 0.188. The van der Waals surface area contributed by atoms with Crippen molar-refractivity contribution in [2.75, 3.05) is 5.32 Å². The lowest BCUT2D eigenvalue weighted by Gasteiger charge is -2.04. The van der Waals surface area contributed by atoms with E-state index < -0.39 is 0 Å². The average Bonchev–Trinajstić information content (AvgIpc) is 2.90. The number of aromatic nitrogens is 2. The Labute approximate surface area is 112 Å². The molecule has 0 aliphatic carbocycles. The number of thiophene rings is 1. The van der Waals surface area contributed by atoms with Gasteiger partial charge in [-0.05, 0) is 30.3 Å². The van der Waals surface area contributed by atoms with Gasteiger partial charge in [-0.2, -0.15) is 0 Å².